The third-order valence-electron chi connectivity index (χ3n) is 6.59. The van der Waals surface area contributed by atoms with Crippen molar-refractivity contribution in [2.75, 3.05) is 13.2 Å². The maximum atomic E-state index is 14.6. The average molecular weight is 462 g/mol. The van der Waals surface area contributed by atoms with Gasteiger partial charge in [0.05, 0.1) is 24.3 Å². The fourth-order valence-corrected chi connectivity index (χ4v) is 4.88. The number of fused-ring (bicyclic) bond motifs is 1. The second kappa shape index (κ2) is 8.08. The second-order valence-electron chi connectivity index (χ2n) is 8.78. The van der Waals surface area contributed by atoms with Crippen LogP contribution in [0.4, 0.5) is 8.78 Å². The van der Waals surface area contributed by atoms with Crippen LogP contribution in [0, 0.1) is 30.4 Å². The normalized spacial score (nSPS) is 25.1. The molecule has 5 rings (SSSR count). The summed E-state index contributed by atoms with van der Waals surface area (Å²) in [5, 5.41) is 2.56. The fraction of sp³-hybridized carbons (Fsp3) is 0.435. The molecule has 4 atom stereocenters. The van der Waals surface area contributed by atoms with Gasteiger partial charge in [-0.15, -0.1) is 0 Å². The molecule has 2 saturated heterocycles. The number of amides is 2. The van der Waals surface area contributed by atoms with E-state index in [4.69, 9.17) is 16.3 Å². The minimum Gasteiger partial charge on any atom is -0.381 e. The van der Waals surface area contributed by atoms with Gasteiger partial charge in [0.15, 0.2) is 0 Å². The van der Waals surface area contributed by atoms with Crippen LogP contribution >= 0.6 is 11.6 Å². The first kappa shape index (κ1) is 21.3. The molecule has 0 spiro atoms. The van der Waals surface area contributed by atoms with Gasteiger partial charge in [-0.1, -0.05) is 11.6 Å². The number of halogens is 3. The number of carbonyl (C=O) groups excluding carboxylic acids is 2. The van der Waals surface area contributed by atoms with Gasteiger partial charge in [0.2, 0.25) is 5.91 Å². The number of aryl methyl sites for hydroxylation is 1. The molecule has 2 aliphatic heterocycles. The number of nitrogens with zero attached hydrogens (tertiary/aromatic N) is 2. The van der Waals surface area contributed by atoms with Gasteiger partial charge in [-0.25, -0.2) is 8.78 Å². The predicted molar refractivity (Wildman–Crippen MR) is 112 cm³/mol. The van der Waals surface area contributed by atoms with Gasteiger partial charge in [-0.2, -0.15) is 0 Å². The van der Waals surface area contributed by atoms with Gasteiger partial charge in [-0.3, -0.25) is 14.6 Å². The molecule has 0 bridgehead atoms. The average Bonchev–Trinajstić information content (AvgIpc) is 3.38. The monoisotopic (exact) mass is 461 g/mol. The molecule has 1 N–H and O–H groups in total. The van der Waals surface area contributed by atoms with E-state index >= 15 is 0 Å². The number of likely N-dealkylation sites (tertiary alicyclic amines) is 1. The van der Waals surface area contributed by atoms with E-state index in [9.17, 15) is 18.4 Å². The highest BCUT2D eigenvalue weighted by Gasteiger charge is 2.56. The number of ether oxygens (including phenoxy) is 1. The Labute approximate surface area is 188 Å². The van der Waals surface area contributed by atoms with E-state index < -0.39 is 23.7 Å². The van der Waals surface area contributed by atoms with E-state index in [0.29, 0.717) is 30.9 Å². The number of pyridine rings is 1. The molecule has 0 unspecified atom stereocenters. The molecule has 1 aromatic heterocycles. The number of hydrogen-bond donors (Lipinski definition) is 1. The van der Waals surface area contributed by atoms with Gasteiger partial charge in [0.25, 0.3) is 5.91 Å². The molecular weight excluding hydrogens is 440 g/mol. The number of rotatable bonds is 5. The van der Waals surface area contributed by atoms with Crippen LogP contribution in [-0.2, 0) is 9.53 Å². The van der Waals surface area contributed by atoms with Crippen LogP contribution in [0.2, 0.25) is 5.02 Å². The van der Waals surface area contributed by atoms with Crippen molar-refractivity contribution < 1.29 is 23.1 Å². The van der Waals surface area contributed by atoms with Crippen molar-refractivity contribution in [2.24, 2.45) is 11.8 Å². The van der Waals surface area contributed by atoms with E-state index in [0.717, 1.165) is 18.6 Å². The number of benzene rings is 1. The Morgan fingerprint density at radius 3 is 2.69 bits per heavy atom. The highest BCUT2D eigenvalue weighted by molar-refractivity contribution is 6.30. The van der Waals surface area contributed by atoms with E-state index in [1.165, 1.54) is 0 Å². The van der Waals surface area contributed by atoms with Crippen LogP contribution in [0.15, 0.2) is 30.5 Å². The summed E-state index contributed by atoms with van der Waals surface area (Å²) in [6, 6.07) is 3.87. The molecule has 168 valence electrons. The third kappa shape index (κ3) is 3.75. The Morgan fingerprint density at radius 2 is 2.00 bits per heavy atom. The summed E-state index contributed by atoms with van der Waals surface area (Å²) < 4.78 is 34.0. The standard InChI is InChI=1S/C23H22ClF2N3O3/c1-11-4-12(2-3-27-11)23(31)29-19-5-13(19)6-20(29)22(30)28-21(14-9-32-10-14)15-7-18(26)16(24)8-17(15)25/h2-4,7-8,13-14,19-21H,5-6,9-10H2,1H3,(H,28,30)/t13-,19-,20-,21-/m1/s1. The lowest BCUT2D eigenvalue weighted by Gasteiger charge is -2.36. The fourth-order valence-electron chi connectivity index (χ4n) is 4.73. The lowest BCUT2D eigenvalue weighted by Crippen LogP contribution is -2.51. The van der Waals surface area contributed by atoms with Crippen LogP contribution in [0.25, 0.3) is 0 Å². The summed E-state index contributed by atoms with van der Waals surface area (Å²) in [7, 11) is 0. The van der Waals surface area contributed by atoms with Gasteiger partial charge in [-0.05, 0) is 49.9 Å². The van der Waals surface area contributed by atoms with Crippen molar-refractivity contribution in [3.05, 3.63) is 63.9 Å². The molecular formula is C23H22ClF2N3O3. The Balaban J connectivity index is 1.40. The Morgan fingerprint density at radius 1 is 1.22 bits per heavy atom. The van der Waals surface area contributed by atoms with Crippen molar-refractivity contribution in [3.63, 3.8) is 0 Å². The van der Waals surface area contributed by atoms with Gasteiger partial charge >= 0.3 is 0 Å². The molecule has 1 aliphatic carbocycles. The molecule has 0 radical (unpaired) electrons. The summed E-state index contributed by atoms with van der Waals surface area (Å²) in [6.45, 7) is 2.45. The SMILES string of the molecule is Cc1cc(C(=O)N2[C@@H](C(=O)N[C@@H](c3cc(F)c(Cl)cc3F)C3COC3)C[C@H]3C[C@H]32)ccn1. The molecule has 1 aromatic carbocycles. The number of piperidine rings is 1. The van der Waals surface area contributed by atoms with Gasteiger partial charge in [0.1, 0.15) is 17.7 Å². The number of carbonyl (C=O) groups is 2. The summed E-state index contributed by atoms with van der Waals surface area (Å²) in [5.74, 6) is -1.95. The molecule has 3 heterocycles. The van der Waals surface area contributed by atoms with E-state index in [1.54, 1.807) is 30.2 Å². The number of aromatic nitrogens is 1. The van der Waals surface area contributed by atoms with Crippen molar-refractivity contribution in [3.8, 4) is 0 Å². The van der Waals surface area contributed by atoms with Crippen molar-refractivity contribution in [2.45, 2.75) is 37.9 Å². The Kier molecular flexibility index (Phi) is 5.37. The Hall–Kier alpha value is -2.58. The second-order valence-corrected chi connectivity index (χ2v) is 9.19. The minimum atomic E-state index is -0.778. The number of hydrogen-bond acceptors (Lipinski definition) is 4. The first-order valence-electron chi connectivity index (χ1n) is 10.6. The lowest BCUT2D eigenvalue weighted by atomic mass is 9.90. The van der Waals surface area contributed by atoms with E-state index in [-0.39, 0.29) is 40.3 Å². The van der Waals surface area contributed by atoms with Crippen LogP contribution in [0.3, 0.4) is 0 Å². The predicted octanol–water partition coefficient (Wildman–Crippen LogP) is 3.43. The minimum absolute atomic E-state index is 0.0272. The highest BCUT2D eigenvalue weighted by Crippen LogP contribution is 2.48. The van der Waals surface area contributed by atoms with Crippen molar-refractivity contribution in [1.82, 2.24) is 15.2 Å². The first-order chi connectivity index (χ1) is 15.3. The largest absolute Gasteiger partial charge is 0.381 e. The molecule has 6 nitrogen and oxygen atoms in total. The molecule has 1 saturated carbocycles. The molecule has 2 aromatic rings. The molecule has 3 aliphatic rings. The summed E-state index contributed by atoms with van der Waals surface area (Å²) in [5.41, 5.74) is 1.23. The summed E-state index contributed by atoms with van der Waals surface area (Å²) >= 11 is 5.70. The van der Waals surface area contributed by atoms with Gasteiger partial charge < -0.3 is 15.0 Å². The first-order valence-corrected chi connectivity index (χ1v) is 11.0. The third-order valence-corrected chi connectivity index (χ3v) is 6.88. The Bertz CT molecular complexity index is 1090. The van der Waals surface area contributed by atoms with Crippen molar-refractivity contribution in [1.29, 1.82) is 0 Å². The number of nitrogens with one attached hydrogen (secondary N) is 1. The zero-order chi connectivity index (χ0) is 22.6. The molecule has 2 amide bonds. The van der Waals surface area contributed by atoms with Crippen LogP contribution in [0.5, 0.6) is 0 Å². The van der Waals surface area contributed by atoms with Gasteiger partial charge in [0, 0.05) is 35.0 Å². The zero-order valence-electron chi connectivity index (χ0n) is 17.4. The van der Waals surface area contributed by atoms with Crippen LogP contribution < -0.4 is 5.32 Å². The molecule has 32 heavy (non-hydrogen) atoms. The maximum Gasteiger partial charge on any atom is 0.254 e. The summed E-state index contributed by atoms with van der Waals surface area (Å²) in [6.07, 6.45) is 3.00. The lowest BCUT2D eigenvalue weighted by molar-refractivity contribution is -0.128. The molecule has 9 heteroatoms. The highest BCUT2D eigenvalue weighted by atomic mass is 35.5. The van der Waals surface area contributed by atoms with Crippen molar-refractivity contribution >= 4 is 23.4 Å². The van der Waals surface area contributed by atoms with Crippen LogP contribution in [0.1, 0.15) is 40.5 Å². The molecule has 3 fully saturated rings. The maximum absolute atomic E-state index is 14.6. The van der Waals surface area contributed by atoms with Crippen LogP contribution in [-0.4, -0.2) is 47.0 Å². The topological polar surface area (TPSA) is 71.5 Å². The quantitative estimate of drug-likeness (QED) is 0.692. The van der Waals surface area contributed by atoms with E-state index in [1.807, 2.05) is 0 Å². The van der Waals surface area contributed by atoms with E-state index in [2.05, 4.69) is 10.3 Å². The summed E-state index contributed by atoms with van der Waals surface area (Å²) in [4.78, 5) is 32.3. The zero-order valence-corrected chi connectivity index (χ0v) is 18.1. The smallest absolute Gasteiger partial charge is 0.254 e.